The molecule has 2 aliphatic carbocycles. The van der Waals surface area contributed by atoms with Crippen molar-refractivity contribution in [3.8, 4) is 0 Å². The standard InChI is InChI=1S/C20H32O3/c1-19(2)11-6-12-20(3,18-22-13-14-23-18)17(19)10-9-15-7-4-5-8-16(15)21/h9,17-18H,4-8,10-14H2,1-3H3/b15-9+/t17-,20-/m0/s1. The van der Waals surface area contributed by atoms with E-state index in [0.29, 0.717) is 24.9 Å². The number of Topliss-reactive ketones (excluding diaryl/α,β-unsaturated/α-hetero) is 1. The van der Waals surface area contributed by atoms with Gasteiger partial charge in [0, 0.05) is 11.8 Å². The largest absolute Gasteiger partial charge is 0.350 e. The Hall–Kier alpha value is -0.670. The molecule has 2 saturated carbocycles. The van der Waals surface area contributed by atoms with Gasteiger partial charge in [-0.2, -0.15) is 0 Å². The first-order chi connectivity index (χ1) is 10.9. The van der Waals surface area contributed by atoms with Gasteiger partial charge in [-0.3, -0.25) is 4.79 Å². The highest BCUT2D eigenvalue weighted by Crippen LogP contribution is 2.55. The lowest BCUT2D eigenvalue weighted by atomic mass is 9.55. The summed E-state index contributed by atoms with van der Waals surface area (Å²) in [7, 11) is 0. The summed E-state index contributed by atoms with van der Waals surface area (Å²) in [6.07, 6.45) is 10.7. The maximum atomic E-state index is 12.1. The third-order valence-corrected chi connectivity index (χ3v) is 6.49. The molecule has 1 aliphatic heterocycles. The van der Waals surface area contributed by atoms with Crippen molar-refractivity contribution in [2.24, 2.45) is 16.7 Å². The average molecular weight is 320 g/mol. The molecule has 3 aliphatic rings. The number of carbonyl (C=O) groups is 1. The van der Waals surface area contributed by atoms with Crippen LogP contribution >= 0.6 is 0 Å². The zero-order valence-corrected chi connectivity index (χ0v) is 15.0. The molecule has 0 amide bonds. The number of ether oxygens (including phenoxy) is 2. The molecule has 1 heterocycles. The van der Waals surface area contributed by atoms with Crippen molar-refractivity contribution in [3.63, 3.8) is 0 Å². The number of hydrogen-bond donors (Lipinski definition) is 0. The van der Waals surface area contributed by atoms with Crippen molar-refractivity contribution >= 4 is 5.78 Å². The SMILES string of the molecule is CC1(C)CCC[C@](C)(C2OCCO2)[C@H]1C/C=C1\CCCCC1=O. The van der Waals surface area contributed by atoms with E-state index >= 15 is 0 Å². The molecule has 0 unspecified atom stereocenters. The van der Waals surface area contributed by atoms with Crippen LogP contribution in [0.2, 0.25) is 0 Å². The van der Waals surface area contributed by atoms with Crippen LogP contribution in [0.15, 0.2) is 11.6 Å². The molecule has 0 N–H and O–H groups in total. The van der Waals surface area contributed by atoms with Gasteiger partial charge in [-0.05, 0) is 55.4 Å². The lowest BCUT2D eigenvalue weighted by Crippen LogP contribution is -2.49. The zero-order valence-electron chi connectivity index (χ0n) is 15.0. The molecule has 1 saturated heterocycles. The first kappa shape index (κ1) is 17.2. The molecule has 3 rings (SSSR count). The smallest absolute Gasteiger partial charge is 0.163 e. The molecule has 0 aromatic carbocycles. The van der Waals surface area contributed by atoms with Gasteiger partial charge < -0.3 is 9.47 Å². The summed E-state index contributed by atoms with van der Waals surface area (Å²) in [5, 5.41) is 0. The van der Waals surface area contributed by atoms with Crippen LogP contribution in [-0.2, 0) is 14.3 Å². The Morgan fingerprint density at radius 3 is 2.43 bits per heavy atom. The second kappa shape index (κ2) is 6.68. The number of ketones is 1. The van der Waals surface area contributed by atoms with E-state index in [1.54, 1.807) is 0 Å². The molecule has 3 fully saturated rings. The van der Waals surface area contributed by atoms with Gasteiger partial charge in [0.1, 0.15) is 0 Å². The van der Waals surface area contributed by atoms with Crippen molar-refractivity contribution < 1.29 is 14.3 Å². The fourth-order valence-electron chi connectivity index (χ4n) is 5.15. The highest BCUT2D eigenvalue weighted by molar-refractivity contribution is 5.95. The number of allylic oxidation sites excluding steroid dienone is 2. The van der Waals surface area contributed by atoms with E-state index in [0.717, 1.165) is 44.1 Å². The van der Waals surface area contributed by atoms with Crippen LogP contribution in [0, 0.1) is 16.7 Å². The number of rotatable bonds is 3. The van der Waals surface area contributed by atoms with Crippen LogP contribution in [0.25, 0.3) is 0 Å². The highest BCUT2D eigenvalue weighted by Gasteiger charge is 2.52. The average Bonchev–Trinajstić information content (AvgIpc) is 3.03. The molecule has 2 atom stereocenters. The van der Waals surface area contributed by atoms with Crippen molar-refractivity contribution in [2.45, 2.75) is 78.4 Å². The van der Waals surface area contributed by atoms with E-state index in [1.165, 1.54) is 12.8 Å². The number of carbonyl (C=O) groups excluding carboxylic acids is 1. The third-order valence-electron chi connectivity index (χ3n) is 6.49. The maximum absolute atomic E-state index is 12.1. The van der Waals surface area contributed by atoms with Crippen LogP contribution in [0.3, 0.4) is 0 Å². The summed E-state index contributed by atoms with van der Waals surface area (Å²) in [6.45, 7) is 8.53. The Labute approximate surface area is 140 Å². The Balaban J connectivity index is 1.81. The molecule has 3 heteroatoms. The van der Waals surface area contributed by atoms with Gasteiger partial charge in [-0.1, -0.05) is 33.3 Å². The monoisotopic (exact) mass is 320 g/mol. The van der Waals surface area contributed by atoms with E-state index < -0.39 is 0 Å². The Morgan fingerprint density at radius 2 is 1.74 bits per heavy atom. The van der Waals surface area contributed by atoms with Crippen molar-refractivity contribution in [1.82, 2.24) is 0 Å². The summed E-state index contributed by atoms with van der Waals surface area (Å²) >= 11 is 0. The van der Waals surface area contributed by atoms with Crippen molar-refractivity contribution in [1.29, 1.82) is 0 Å². The van der Waals surface area contributed by atoms with Crippen LogP contribution in [-0.4, -0.2) is 25.3 Å². The predicted molar refractivity (Wildman–Crippen MR) is 91.1 cm³/mol. The lowest BCUT2D eigenvalue weighted by molar-refractivity contribution is -0.182. The molecule has 23 heavy (non-hydrogen) atoms. The number of hydrogen-bond acceptors (Lipinski definition) is 3. The Bertz CT molecular complexity index is 473. The minimum atomic E-state index is -0.0764. The van der Waals surface area contributed by atoms with Gasteiger partial charge in [0.25, 0.3) is 0 Å². The summed E-state index contributed by atoms with van der Waals surface area (Å²) in [5.74, 6) is 0.869. The Morgan fingerprint density at radius 1 is 1.04 bits per heavy atom. The second-order valence-corrected chi connectivity index (χ2v) is 8.57. The van der Waals surface area contributed by atoms with E-state index in [4.69, 9.17) is 9.47 Å². The molecule has 0 aromatic rings. The molecule has 0 bridgehead atoms. The first-order valence-corrected chi connectivity index (χ1v) is 9.39. The minimum absolute atomic E-state index is 0.0486. The third kappa shape index (κ3) is 3.41. The first-order valence-electron chi connectivity index (χ1n) is 9.39. The molecular weight excluding hydrogens is 288 g/mol. The molecule has 0 radical (unpaired) electrons. The van der Waals surface area contributed by atoms with Crippen molar-refractivity contribution in [2.75, 3.05) is 13.2 Å². The van der Waals surface area contributed by atoms with Crippen LogP contribution < -0.4 is 0 Å². The molecular formula is C20H32O3. The van der Waals surface area contributed by atoms with Gasteiger partial charge in [0.15, 0.2) is 12.1 Å². The van der Waals surface area contributed by atoms with Crippen LogP contribution in [0.4, 0.5) is 0 Å². The van der Waals surface area contributed by atoms with Gasteiger partial charge >= 0.3 is 0 Å². The van der Waals surface area contributed by atoms with Gasteiger partial charge in [0.05, 0.1) is 13.2 Å². The second-order valence-electron chi connectivity index (χ2n) is 8.57. The zero-order chi connectivity index (χ0) is 16.5. The quantitative estimate of drug-likeness (QED) is 0.710. The molecule has 3 nitrogen and oxygen atoms in total. The normalized spacial score (nSPS) is 37.4. The highest BCUT2D eigenvalue weighted by atomic mass is 16.7. The lowest BCUT2D eigenvalue weighted by Gasteiger charge is -2.52. The van der Waals surface area contributed by atoms with Gasteiger partial charge in [0.2, 0.25) is 0 Å². The summed E-state index contributed by atoms with van der Waals surface area (Å²) < 4.78 is 11.8. The van der Waals surface area contributed by atoms with Gasteiger partial charge in [-0.25, -0.2) is 0 Å². The van der Waals surface area contributed by atoms with E-state index in [1.807, 2.05) is 0 Å². The summed E-state index contributed by atoms with van der Waals surface area (Å²) in [6, 6.07) is 0. The van der Waals surface area contributed by atoms with Crippen LogP contribution in [0.1, 0.15) is 72.1 Å². The maximum Gasteiger partial charge on any atom is 0.163 e. The molecule has 0 aromatic heterocycles. The van der Waals surface area contributed by atoms with E-state index in [-0.39, 0.29) is 17.1 Å². The fourth-order valence-corrected chi connectivity index (χ4v) is 5.15. The molecule has 0 spiro atoms. The fraction of sp³-hybridized carbons (Fsp3) is 0.850. The van der Waals surface area contributed by atoms with Gasteiger partial charge in [-0.15, -0.1) is 0 Å². The summed E-state index contributed by atoms with van der Waals surface area (Å²) in [5.41, 5.74) is 1.39. The minimum Gasteiger partial charge on any atom is -0.350 e. The molecule has 130 valence electrons. The van der Waals surface area contributed by atoms with Crippen molar-refractivity contribution in [3.05, 3.63) is 11.6 Å². The van der Waals surface area contributed by atoms with E-state index in [9.17, 15) is 4.79 Å². The van der Waals surface area contributed by atoms with E-state index in [2.05, 4.69) is 26.8 Å². The summed E-state index contributed by atoms with van der Waals surface area (Å²) in [4.78, 5) is 12.1. The Kier molecular flexibility index (Phi) is 4.98. The topological polar surface area (TPSA) is 35.5 Å². The van der Waals surface area contributed by atoms with Crippen LogP contribution in [0.5, 0.6) is 0 Å². The predicted octanol–water partition coefficient (Wildman–Crippen LogP) is 4.65.